The summed E-state index contributed by atoms with van der Waals surface area (Å²) in [6.07, 6.45) is -0.179. The first-order valence-electron chi connectivity index (χ1n) is 7.68. The Kier molecular flexibility index (Phi) is 4.61. The van der Waals surface area contributed by atoms with Gasteiger partial charge in [-0.15, -0.1) is 0 Å². The maximum Gasteiger partial charge on any atom is 0.307 e. The Labute approximate surface area is 149 Å². The van der Waals surface area contributed by atoms with Gasteiger partial charge >= 0.3 is 5.97 Å². The maximum atomic E-state index is 13.0. The van der Waals surface area contributed by atoms with Crippen molar-refractivity contribution in [1.82, 2.24) is 4.57 Å². The van der Waals surface area contributed by atoms with Gasteiger partial charge in [0, 0.05) is 21.7 Å². The minimum Gasteiger partial charge on any atom is -0.481 e. The first-order chi connectivity index (χ1) is 11.9. The summed E-state index contributed by atoms with van der Waals surface area (Å²) in [5.41, 5.74) is 2.85. The molecule has 0 spiro atoms. The highest BCUT2D eigenvalue weighted by atomic mass is 35.5. The lowest BCUT2D eigenvalue weighted by Gasteiger charge is -2.08. The molecule has 0 fully saturated rings. The maximum absolute atomic E-state index is 13.0. The largest absolute Gasteiger partial charge is 0.481 e. The molecule has 5 nitrogen and oxygen atoms in total. The smallest absolute Gasteiger partial charge is 0.307 e. The Morgan fingerprint density at radius 1 is 1.12 bits per heavy atom. The number of carboxylic acids is 1. The molecule has 0 aliphatic rings. The first-order valence-corrected chi connectivity index (χ1v) is 8.06. The van der Waals surface area contributed by atoms with Gasteiger partial charge in [-0.1, -0.05) is 23.7 Å². The van der Waals surface area contributed by atoms with Crippen LogP contribution in [0.25, 0.3) is 10.9 Å². The third-order valence-electron chi connectivity index (χ3n) is 4.21. The van der Waals surface area contributed by atoms with Crippen LogP contribution >= 0.6 is 11.6 Å². The summed E-state index contributed by atoms with van der Waals surface area (Å²) in [6.45, 7) is 1.56. The molecule has 6 heteroatoms. The number of rotatable bonds is 4. The van der Waals surface area contributed by atoms with Gasteiger partial charge in [0.1, 0.15) is 0 Å². The Morgan fingerprint density at radius 3 is 2.40 bits per heavy atom. The van der Waals surface area contributed by atoms with E-state index in [1.54, 1.807) is 49.4 Å². The minimum atomic E-state index is -0.965. The molecule has 128 valence electrons. The van der Waals surface area contributed by atoms with Crippen molar-refractivity contribution in [3.8, 4) is 0 Å². The van der Waals surface area contributed by atoms with Gasteiger partial charge in [0.2, 0.25) is 0 Å². The molecule has 0 saturated carbocycles. The molecule has 1 aromatic heterocycles. The summed E-state index contributed by atoms with van der Waals surface area (Å²) in [5, 5.41) is 19.8. The quantitative estimate of drug-likeness (QED) is 0.750. The number of fused-ring (bicyclic) bond motifs is 1. The predicted molar refractivity (Wildman–Crippen MR) is 95.1 cm³/mol. The summed E-state index contributed by atoms with van der Waals surface area (Å²) in [7, 11) is 0. The molecule has 3 rings (SSSR count). The van der Waals surface area contributed by atoms with Crippen molar-refractivity contribution in [1.29, 1.82) is 0 Å². The van der Waals surface area contributed by atoms with Gasteiger partial charge in [-0.3, -0.25) is 14.2 Å². The number of carbonyl (C=O) groups excluding carboxylic acids is 1. The van der Waals surface area contributed by atoms with Gasteiger partial charge in [0.25, 0.3) is 5.91 Å². The molecule has 0 bridgehead atoms. The lowest BCUT2D eigenvalue weighted by atomic mass is 10.1. The zero-order valence-electron chi connectivity index (χ0n) is 13.5. The average molecular weight is 358 g/mol. The molecule has 0 atom stereocenters. The topological polar surface area (TPSA) is 79.5 Å². The number of halogens is 1. The van der Waals surface area contributed by atoms with Gasteiger partial charge in [-0.2, -0.15) is 0 Å². The number of hydrogen-bond acceptors (Lipinski definition) is 3. The molecular formula is C19H16ClNO4. The minimum absolute atomic E-state index is 0.163. The Hall–Kier alpha value is -2.63. The van der Waals surface area contributed by atoms with Crippen LogP contribution in [0.5, 0.6) is 0 Å². The van der Waals surface area contributed by atoms with Crippen molar-refractivity contribution >= 4 is 34.4 Å². The number of aromatic nitrogens is 1. The van der Waals surface area contributed by atoms with Crippen molar-refractivity contribution in [2.45, 2.75) is 20.0 Å². The van der Waals surface area contributed by atoms with E-state index in [1.807, 2.05) is 0 Å². The van der Waals surface area contributed by atoms with Gasteiger partial charge in [0.05, 0.1) is 18.5 Å². The number of aliphatic hydroxyl groups is 1. The zero-order valence-corrected chi connectivity index (χ0v) is 14.2. The standard InChI is InChI=1S/C19H16ClNO4/c1-11-16(9-18(23)24)15-7-2-12(10-22)8-17(15)21(11)19(25)13-3-5-14(20)6-4-13/h2-8,22H,9-10H2,1H3,(H,23,24). The molecule has 2 aromatic carbocycles. The highest BCUT2D eigenvalue weighted by Gasteiger charge is 2.21. The number of aliphatic hydroxyl groups excluding tert-OH is 1. The van der Waals surface area contributed by atoms with Crippen LogP contribution < -0.4 is 0 Å². The van der Waals surface area contributed by atoms with Gasteiger partial charge in [-0.05, 0) is 48.4 Å². The summed E-state index contributed by atoms with van der Waals surface area (Å²) in [4.78, 5) is 24.2. The van der Waals surface area contributed by atoms with Crippen molar-refractivity contribution in [3.63, 3.8) is 0 Å². The van der Waals surface area contributed by atoms with Crippen LogP contribution in [-0.2, 0) is 17.8 Å². The summed E-state index contributed by atoms with van der Waals surface area (Å²) in [6, 6.07) is 11.7. The van der Waals surface area contributed by atoms with E-state index in [-0.39, 0.29) is 18.9 Å². The average Bonchev–Trinajstić information content (AvgIpc) is 2.85. The molecule has 0 unspecified atom stereocenters. The van der Waals surface area contributed by atoms with E-state index < -0.39 is 5.97 Å². The van der Waals surface area contributed by atoms with Crippen molar-refractivity contribution in [2.24, 2.45) is 0 Å². The SMILES string of the molecule is Cc1c(CC(=O)O)c2ccc(CO)cc2n1C(=O)c1ccc(Cl)cc1. The van der Waals surface area contributed by atoms with Crippen LogP contribution in [0.1, 0.15) is 27.2 Å². The molecule has 0 radical (unpaired) electrons. The molecule has 0 saturated heterocycles. The second-order valence-electron chi connectivity index (χ2n) is 5.79. The highest BCUT2D eigenvalue weighted by molar-refractivity contribution is 6.30. The molecule has 2 N–H and O–H groups in total. The van der Waals surface area contributed by atoms with Crippen LogP contribution in [0, 0.1) is 6.92 Å². The van der Waals surface area contributed by atoms with Crippen LogP contribution in [-0.4, -0.2) is 26.7 Å². The fourth-order valence-corrected chi connectivity index (χ4v) is 3.11. The fourth-order valence-electron chi connectivity index (χ4n) is 2.98. The van der Waals surface area contributed by atoms with Gasteiger partial charge in [0.15, 0.2) is 0 Å². The van der Waals surface area contributed by atoms with Crippen molar-refractivity contribution < 1.29 is 19.8 Å². The highest BCUT2D eigenvalue weighted by Crippen LogP contribution is 2.28. The van der Waals surface area contributed by atoms with E-state index in [9.17, 15) is 19.8 Å². The molecule has 0 aliphatic carbocycles. The third kappa shape index (κ3) is 3.16. The second kappa shape index (κ2) is 6.70. The Bertz CT molecular complexity index is 973. The van der Waals surface area contributed by atoms with Crippen LogP contribution in [0.2, 0.25) is 5.02 Å². The van der Waals surface area contributed by atoms with E-state index >= 15 is 0 Å². The fraction of sp³-hybridized carbons (Fsp3) is 0.158. The second-order valence-corrected chi connectivity index (χ2v) is 6.23. The van der Waals surface area contributed by atoms with Crippen LogP contribution in [0.4, 0.5) is 0 Å². The normalized spacial score (nSPS) is 11.0. The molecule has 0 aliphatic heterocycles. The lowest BCUT2D eigenvalue weighted by Crippen LogP contribution is -2.14. The van der Waals surface area contributed by atoms with Crippen LogP contribution in [0.15, 0.2) is 42.5 Å². The Morgan fingerprint density at radius 2 is 1.80 bits per heavy atom. The van der Waals surface area contributed by atoms with E-state index in [0.717, 1.165) is 0 Å². The number of aliphatic carboxylic acids is 1. The predicted octanol–water partition coefficient (Wildman–Crippen LogP) is 3.41. The van der Waals surface area contributed by atoms with Gasteiger partial charge in [-0.25, -0.2) is 0 Å². The van der Waals surface area contributed by atoms with E-state index in [0.29, 0.717) is 38.3 Å². The monoisotopic (exact) mass is 357 g/mol. The van der Waals surface area contributed by atoms with E-state index in [4.69, 9.17) is 11.6 Å². The molecule has 25 heavy (non-hydrogen) atoms. The number of hydrogen-bond donors (Lipinski definition) is 2. The molecule has 0 amide bonds. The molecule has 1 heterocycles. The van der Waals surface area contributed by atoms with E-state index in [1.165, 1.54) is 4.57 Å². The Balaban J connectivity index is 2.25. The number of carbonyl (C=O) groups is 2. The number of benzene rings is 2. The summed E-state index contributed by atoms with van der Waals surface area (Å²) in [5.74, 6) is -1.24. The van der Waals surface area contributed by atoms with Crippen molar-refractivity contribution in [2.75, 3.05) is 0 Å². The number of nitrogens with zero attached hydrogens (tertiary/aromatic N) is 1. The lowest BCUT2D eigenvalue weighted by molar-refractivity contribution is -0.136. The summed E-state index contributed by atoms with van der Waals surface area (Å²) >= 11 is 5.88. The number of carboxylic acid groups (broad SMARTS) is 1. The van der Waals surface area contributed by atoms with E-state index in [2.05, 4.69) is 0 Å². The molecule has 3 aromatic rings. The van der Waals surface area contributed by atoms with Gasteiger partial charge < -0.3 is 10.2 Å². The summed E-state index contributed by atoms with van der Waals surface area (Å²) < 4.78 is 1.50. The first kappa shape index (κ1) is 17.2. The molecular weight excluding hydrogens is 342 g/mol. The van der Waals surface area contributed by atoms with Crippen LogP contribution in [0.3, 0.4) is 0 Å². The van der Waals surface area contributed by atoms with Crippen molar-refractivity contribution in [3.05, 3.63) is 69.9 Å². The zero-order chi connectivity index (χ0) is 18.1. The third-order valence-corrected chi connectivity index (χ3v) is 4.46.